The van der Waals surface area contributed by atoms with Crippen molar-refractivity contribution in [1.29, 1.82) is 0 Å². The molecule has 0 saturated carbocycles. The van der Waals surface area contributed by atoms with Crippen molar-refractivity contribution in [2.45, 2.75) is 16.7 Å². The first kappa shape index (κ1) is 14.8. The number of benzene rings is 2. The number of ether oxygens (including phenoxy) is 1. The molecule has 0 saturated heterocycles. The molecule has 0 aromatic heterocycles. The summed E-state index contributed by atoms with van der Waals surface area (Å²) in [5.74, 6) is -0.382. The third kappa shape index (κ3) is 3.46. The van der Waals surface area contributed by atoms with Crippen LogP contribution in [0.3, 0.4) is 0 Å². The van der Waals surface area contributed by atoms with Gasteiger partial charge in [-0.1, -0.05) is 35.5 Å². The summed E-state index contributed by atoms with van der Waals surface area (Å²) >= 11 is 7.37. The number of hydrogen-bond acceptors (Lipinski definition) is 4. The second kappa shape index (κ2) is 6.68. The number of nitrogen functional groups attached to an aromatic ring is 1. The van der Waals surface area contributed by atoms with Crippen LogP contribution in [-0.2, 0) is 4.74 Å². The van der Waals surface area contributed by atoms with Gasteiger partial charge in [-0.15, -0.1) is 0 Å². The first-order valence-corrected chi connectivity index (χ1v) is 7.30. The van der Waals surface area contributed by atoms with Gasteiger partial charge in [0.25, 0.3) is 0 Å². The molecule has 0 spiro atoms. The molecule has 0 amide bonds. The molecule has 0 aliphatic carbocycles. The third-order valence-corrected chi connectivity index (χ3v) is 3.98. The minimum Gasteiger partial charge on any atom is -0.462 e. The molecule has 2 N–H and O–H groups in total. The summed E-state index contributed by atoms with van der Waals surface area (Å²) in [5.41, 5.74) is 7.04. The lowest BCUT2D eigenvalue weighted by atomic mass is 10.2. The summed E-state index contributed by atoms with van der Waals surface area (Å²) in [7, 11) is 0. The number of hydrogen-bond donors (Lipinski definition) is 1. The lowest BCUT2D eigenvalue weighted by Gasteiger charge is -2.10. The van der Waals surface area contributed by atoms with Crippen LogP contribution in [0.2, 0.25) is 5.02 Å². The highest BCUT2D eigenvalue weighted by atomic mass is 35.5. The van der Waals surface area contributed by atoms with E-state index in [1.807, 2.05) is 24.3 Å². The maximum atomic E-state index is 12.0. The van der Waals surface area contributed by atoms with Crippen LogP contribution in [0.15, 0.2) is 52.3 Å². The van der Waals surface area contributed by atoms with Gasteiger partial charge in [-0.25, -0.2) is 4.79 Å². The van der Waals surface area contributed by atoms with Gasteiger partial charge in [0.2, 0.25) is 0 Å². The Morgan fingerprint density at radius 3 is 2.70 bits per heavy atom. The first-order valence-electron chi connectivity index (χ1n) is 6.11. The second-order valence-electron chi connectivity index (χ2n) is 4.00. The highest BCUT2D eigenvalue weighted by Crippen LogP contribution is 2.35. The van der Waals surface area contributed by atoms with Crippen molar-refractivity contribution in [2.75, 3.05) is 12.3 Å². The molecule has 0 unspecified atom stereocenters. The van der Waals surface area contributed by atoms with Gasteiger partial charge in [0.1, 0.15) is 0 Å². The van der Waals surface area contributed by atoms with Gasteiger partial charge in [0, 0.05) is 20.5 Å². The highest BCUT2D eigenvalue weighted by Gasteiger charge is 2.15. The molecule has 0 bridgehead atoms. The molecule has 0 atom stereocenters. The Bertz CT molecular complexity index is 631. The zero-order chi connectivity index (χ0) is 14.5. The van der Waals surface area contributed by atoms with Crippen molar-refractivity contribution in [3.8, 4) is 0 Å². The van der Waals surface area contributed by atoms with Crippen LogP contribution >= 0.6 is 23.4 Å². The second-order valence-corrected chi connectivity index (χ2v) is 5.52. The first-order chi connectivity index (χ1) is 9.61. The smallest absolute Gasteiger partial charge is 0.339 e. The van der Waals surface area contributed by atoms with Crippen molar-refractivity contribution in [3.05, 3.63) is 53.1 Å². The number of para-hydroxylation sites is 1. The predicted octanol–water partition coefficient (Wildman–Crippen LogP) is 4.25. The van der Waals surface area contributed by atoms with Crippen LogP contribution < -0.4 is 5.73 Å². The fourth-order valence-electron chi connectivity index (χ4n) is 1.65. The van der Waals surface area contributed by atoms with Crippen LogP contribution in [0.1, 0.15) is 17.3 Å². The topological polar surface area (TPSA) is 52.3 Å². The minimum atomic E-state index is -0.382. The van der Waals surface area contributed by atoms with E-state index in [9.17, 15) is 4.79 Å². The standard InChI is InChI=1S/C15H14ClNO2S/c1-2-19-15(18)11-9-10(16)7-8-13(11)20-14-6-4-3-5-12(14)17/h3-9H,2,17H2,1H3. The molecule has 2 aromatic rings. The van der Waals surface area contributed by atoms with Gasteiger partial charge < -0.3 is 10.5 Å². The molecular formula is C15H14ClNO2S. The Kier molecular flexibility index (Phi) is 4.93. The molecule has 20 heavy (non-hydrogen) atoms. The minimum absolute atomic E-state index is 0.322. The molecule has 2 rings (SSSR count). The van der Waals surface area contributed by atoms with E-state index < -0.39 is 0 Å². The molecule has 0 fully saturated rings. The van der Waals surface area contributed by atoms with E-state index in [2.05, 4.69) is 0 Å². The Hall–Kier alpha value is -1.65. The third-order valence-electron chi connectivity index (χ3n) is 2.58. The molecule has 3 nitrogen and oxygen atoms in total. The average Bonchev–Trinajstić information content (AvgIpc) is 2.43. The molecule has 0 heterocycles. The number of nitrogens with two attached hydrogens (primary N) is 1. The molecule has 0 aliphatic heterocycles. The zero-order valence-electron chi connectivity index (χ0n) is 10.9. The van der Waals surface area contributed by atoms with Crippen LogP contribution in [-0.4, -0.2) is 12.6 Å². The van der Waals surface area contributed by atoms with Gasteiger partial charge in [0.05, 0.1) is 12.2 Å². The quantitative estimate of drug-likeness (QED) is 0.677. The highest BCUT2D eigenvalue weighted by molar-refractivity contribution is 7.99. The van der Waals surface area contributed by atoms with Crippen molar-refractivity contribution in [1.82, 2.24) is 0 Å². The summed E-state index contributed by atoms with van der Waals surface area (Å²) in [6, 6.07) is 12.6. The summed E-state index contributed by atoms with van der Waals surface area (Å²) in [6.45, 7) is 2.09. The van der Waals surface area contributed by atoms with Crippen LogP contribution in [0.5, 0.6) is 0 Å². The van der Waals surface area contributed by atoms with E-state index in [1.165, 1.54) is 11.8 Å². The van der Waals surface area contributed by atoms with Crippen molar-refractivity contribution in [3.63, 3.8) is 0 Å². The average molecular weight is 308 g/mol. The maximum Gasteiger partial charge on any atom is 0.339 e. The van der Waals surface area contributed by atoms with Crippen LogP contribution in [0.25, 0.3) is 0 Å². The lowest BCUT2D eigenvalue weighted by molar-refractivity contribution is 0.0522. The van der Waals surface area contributed by atoms with E-state index >= 15 is 0 Å². The molecule has 0 aliphatic rings. The van der Waals surface area contributed by atoms with Crippen molar-refractivity contribution in [2.24, 2.45) is 0 Å². The van der Waals surface area contributed by atoms with E-state index in [0.717, 1.165) is 9.79 Å². The van der Waals surface area contributed by atoms with Gasteiger partial charge in [-0.05, 0) is 37.3 Å². The maximum absolute atomic E-state index is 12.0. The Labute approximate surface area is 127 Å². The van der Waals surface area contributed by atoms with Crippen molar-refractivity contribution < 1.29 is 9.53 Å². The fraction of sp³-hybridized carbons (Fsp3) is 0.133. The Morgan fingerprint density at radius 1 is 1.25 bits per heavy atom. The molecule has 104 valence electrons. The fourth-order valence-corrected chi connectivity index (χ4v) is 2.78. The molecule has 2 aromatic carbocycles. The van der Waals surface area contributed by atoms with E-state index in [-0.39, 0.29) is 5.97 Å². The van der Waals surface area contributed by atoms with E-state index in [0.29, 0.717) is 22.9 Å². The number of esters is 1. The zero-order valence-corrected chi connectivity index (χ0v) is 12.5. The summed E-state index contributed by atoms with van der Waals surface area (Å²) in [6.07, 6.45) is 0. The molecule has 5 heteroatoms. The molecule has 0 radical (unpaired) electrons. The SMILES string of the molecule is CCOC(=O)c1cc(Cl)ccc1Sc1ccccc1N. The van der Waals surface area contributed by atoms with E-state index in [4.69, 9.17) is 22.1 Å². The lowest BCUT2D eigenvalue weighted by Crippen LogP contribution is -2.06. The van der Waals surface area contributed by atoms with Gasteiger partial charge in [-0.3, -0.25) is 0 Å². The Balaban J connectivity index is 2.36. The number of carbonyl (C=O) groups excluding carboxylic acids is 1. The number of halogens is 1. The largest absolute Gasteiger partial charge is 0.462 e. The monoisotopic (exact) mass is 307 g/mol. The van der Waals surface area contributed by atoms with Gasteiger partial charge in [-0.2, -0.15) is 0 Å². The summed E-state index contributed by atoms with van der Waals surface area (Å²) < 4.78 is 5.05. The van der Waals surface area contributed by atoms with Crippen LogP contribution in [0, 0.1) is 0 Å². The summed E-state index contributed by atoms with van der Waals surface area (Å²) in [5, 5.41) is 0.499. The summed E-state index contributed by atoms with van der Waals surface area (Å²) in [4.78, 5) is 13.6. The Morgan fingerprint density at radius 2 is 2.00 bits per heavy atom. The molecular weight excluding hydrogens is 294 g/mol. The van der Waals surface area contributed by atoms with Gasteiger partial charge >= 0.3 is 5.97 Å². The predicted molar refractivity (Wildman–Crippen MR) is 82.4 cm³/mol. The number of anilines is 1. The van der Waals surface area contributed by atoms with Crippen LogP contribution in [0.4, 0.5) is 5.69 Å². The number of carbonyl (C=O) groups is 1. The van der Waals surface area contributed by atoms with E-state index in [1.54, 1.807) is 25.1 Å². The normalized spacial score (nSPS) is 10.3. The van der Waals surface area contributed by atoms with Crippen molar-refractivity contribution >= 4 is 35.0 Å². The number of rotatable bonds is 4. The van der Waals surface area contributed by atoms with Gasteiger partial charge in [0.15, 0.2) is 0 Å².